The van der Waals surface area contributed by atoms with Crippen LogP contribution in [0.1, 0.15) is 30.0 Å². The Morgan fingerprint density at radius 3 is 2.55 bits per heavy atom. The number of nitrogens with zero attached hydrogens (tertiary/aromatic N) is 1. The monoisotopic (exact) mass is 415 g/mol. The van der Waals surface area contributed by atoms with Crippen molar-refractivity contribution in [2.45, 2.75) is 25.0 Å². The van der Waals surface area contributed by atoms with Gasteiger partial charge in [-0.2, -0.15) is 0 Å². The first-order valence-electron chi connectivity index (χ1n) is 9.37. The van der Waals surface area contributed by atoms with Gasteiger partial charge in [0, 0.05) is 29.3 Å². The van der Waals surface area contributed by atoms with Crippen LogP contribution in [0.3, 0.4) is 0 Å². The standard InChI is InChI=1S/C22H19ClFNO4/c23-14-9-7-13(8-10-14)20(26)18-19(16-5-1-2-6-17(16)24)25(22(28)21(18)27)12-15-4-3-11-29-15/h1-2,5-10,15,19,26H,3-4,11-12H2/b20-18+. The maximum Gasteiger partial charge on any atom is 0.295 e. The van der Waals surface area contributed by atoms with Gasteiger partial charge in [-0.15, -0.1) is 0 Å². The average molecular weight is 416 g/mol. The van der Waals surface area contributed by atoms with E-state index in [1.807, 2.05) is 0 Å². The van der Waals surface area contributed by atoms with Gasteiger partial charge < -0.3 is 14.7 Å². The summed E-state index contributed by atoms with van der Waals surface area (Å²) in [4.78, 5) is 27.0. The van der Waals surface area contributed by atoms with Crippen LogP contribution in [-0.4, -0.2) is 41.0 Å². The minimum absolute atomic E-state index is 0.139. The first-order valence-corrected chi connectivity index (χ1v) is 9.75. The van der Waals surface area contributed by atoms with E-state index < -0.39 is 23.5 Å². The zero-order valence-electron chi connectivity index (χ0n) is 15.5. The Kier molecular flexibility index (Phi) is 5.39. The molecule has 2 heterocycles. The van der Waals surface area contributed by atoms with Gasteiger partial charge in [0.05, 0.1) is 17.7 Å². The normalized spacial score (nSPS) is 23.7. The largest absolute Gasteiger partial charge is 0.507 e. The Balaban J connectivity index is 1.84. The van der Waals surface area contributed by atoms with Crippen LogP contribution in [0.25, 0.3) is 5.76 Å². The third-order valence-electron chi connectivity index (χ3n) is 5.28. The zero-order valence-corrected chi connectivity index (χ0v) is 16.2. The molecule has 2 aliphatic rings. The SMILES string of the molecule is O=C1C(=O)N(CC2CCCO2)C(c2ccccc2F)/C1=C(\O)c1ccc(Cl)cc1. The third-order valence-corrected chi connectivity index (χ3v) is 5.53. The predicted octanol–water partition coefficient (Wildman–Crippen LogP) is 4.08. The maximum absolute atomic E-state index is 14.7. The number of benzene rings is 2. The number of ketones is 1. The lowest BCUT2D eigenvalue weighted by Crippen LogP contribution is -2.36. The average Bonchev–Trinajstić information content (AvgIpc) is 3.31. The number of halogens is 2. The van der Waals surface area contributed by atoms with E-state index in [1.54, 1.807) is 30.3 Å². The Morgan fingerprint density at radius 2 is 1.90 bits per heavy atom. The molecule has 1 N–H and O–H groups in total. The maximum atomic E-state index is 14.7. The minimum atomic E-state index is -1.03. The van der Waals surface area contributed by atoms with E-state index in [0.29, 0.717) is 17.2 Å². The van der Waals surface area contributed by atoms with Crippen LogP contribution in [0.2, 0.25) is 5.02 Å². The van der Waals surface area contributed by atoms with Crippen LogP contribution in [0.4, 0.5) is 4.39 Å². The topological polar surface area (TPSA) is 66.8 Å². The molecule has 0 bridgehead atoms. The minimum Gasteiger partial charge on any atom is -0.507 e. The molecule has 0 spiro atoms. The zero-order chi connectivity index (χ0) is 20.5. The van der Waals surface area contributed by atoms with Crippen molar-refractivity contribution in [3.63, 3.8) is 0 Å². The lowest BCUT2D eigenvalue weighted by Gasteiger charge is -2.27. The quantitative estimate of drug-likeness (QED) is 0.464. The summed E-state index contributed by atoms with van der Waals surface area (Å²) in [7, 11) is 0. The molecule has 0 radical (unpaired) electrons. The number of carbonyl (C=O) groups is 2. The number of hydrogen-bond donors (Lipinski definition) is 1. The van der Waals surface area contributed by atoms with Crippen LogP contribution in [0, 0.1) is 5.82 Å². The van der Waals surface area contributed by atoms with Crippen LogP contribution in [0.5, 0.6) is 0 Å². The van der Waals surface area contributed by atoms with Crippen LogP contribution in [0.15, 0.2) is 54.1 Å². The number of Topliss-reactive ketones (excluding diaryl/α,β-unsaturated/α-hetero) is 1. The Hall–Kier alpha value is -2.70. The van der Waals surface area contributed by atoms with Crippen molar-refractivity contribution in [2.75, 3.05) is 13.2 Å². The van der Waals surface area contributed by atoms with Crippen molar-refractivity contribution in [1.29, 1.82) is 0 Å². The summed E-state index contributed by atoms with van der Waals surface area (Å²) in [5.41, 5.74) is 0.339. The van der Waals surface area contributed by atoms with Gasteiger partial charge in [0.15, 0.2) is 0 Å². The van der Waals surface area contributed by atoms with Gasteiger partial charge >= 0.3 is 0 Å². The van der Waals surface area contributed by atoms with Gasteiger partial charge in [-0.3, -0.25) is 9.59 Å². The number of carbonyl (C=O) groups excluding carboxylic acids is 2. The lowest BCUT2D eigenvalue weighted by atomic mass is 9.95. The molecular formula is C22H19ClFNO4. The molecule has 150 valence electrons. The number of ether oxygens (including phenoxy) is 1. The Labute approximate surface area is 172 Å². The number of hydrogen-bond acceptors (Lipinski definition) is 4. The highest BCUT2D eigenvalue weighted by molar-refractivity contribution is 6.46. The molecule has 2 saturated heterocycles. The Bertz CT molecular complexity index is 983. The van der Waals surface area contributed by atoms with Gasteiger partial charge in [-0.05, 0) is 43.2 Å². The molecule has 2 aromatic carbocycles. The fourth-order valence-corrected chi connectivity index (χ4v) is 3.99. The van der Waals surface area contributed by atoms with Crippen molar-refractivity contribution >= 4 is 29.1 Å². The lowest BCUT2D eigenvalue weighted by molar-refractivity contribution is -0.140. The molecule has 7 heteroatoms. The smallest absolute Gasteiger partial charge is 0.295 e. The summed E-state index contributed by atoms with van der Waals surface area (Å²) in [6.45, 7) is 0.741. The molecule has 0 saturated carbocycles. The van der Waals surface area contributed by atoms with E-state index in [0.717, 1.165) is 12.8 Å². The molecule has 2 unspecified atom stereocenters. The summed E-state index contributed by atoms with van der Waals surface area (Å²) in [5.74, 6) is -2.53. The number of aliphatic hydroxyl groups is 1. The summed E-state index contributed by atoms with van der Waals surface area (Å²) < 4.78 is 20.3. The summed E-state index contributed by atoms with van der Waals surface area (Å²) in [6.07, 6.45) is 1.39. The van der Waals surface area contributed by atoms with Crippen molar-refractivity contribution in [3.05, 3.63) is 76.1 Å². The number of amides is 1. The van der Waals surface area contributed by atoms with Gasteiger partial charge in [-0.1, -0.05) is 29.8 Å². The van der Waals surface area contributed by atoms with E-state index in [9.17, 15) is 19.1 Å². The van der Waals surface area contributed by atoms with E-state index in [1.165, 1.54) is 23.1 Å². The van der Waals surface area contributed by atoms with E-state index >= 15 is 0 Å². The number of rotatable bonds is 4. The summed E-state index contributed by atoms with van der Waals surface area (Å²) >= 11 is 5.90. The fourth-order valence-electron chi connectivity index (χ4n) is 3.86. The second-order valence-electron chi connectivity index (χ2n) is 7.11. The molecule has 2 aliphatic heterocycles. The highest BCUT2D eigenvalue weighted by Crippen LogP contribution is 2.41. The third kappa shape index (κ3) is 3.66. The number of likely N-dealkylation sites (tertiary alicyclic amines) is 1. The van der Waals surface area contributed by atoms with Crippen LogP contribution >= 0.6 is 11.6 Å². The van der Waals surface area contributed by atoms with E-state index in [-0.39, 0.29) is 29.5 Å². The fraction of sp³-hybridized carbons (Fsp3) is 0.273. The molecule has 29 heavy (non-hydrogen) atoms. The molecule has 5 nitrogen and oxygen atoms in total. The molecule has 2 fully saturated rings. The second kappa shape index (κ2) is 7.97. The predicted molar refractivity (Wildman–Crippen MR) is 106 cm³/mol. The van der Waals surface area contributed by atoms with Gasteiger partial charge in [0.2, 0.25) is 0 Å². The number of aliphatic hydroxyl groups excluding tert-OH is 1. The summed E-state index contributed by atoms with van der Waals surface area (Å²) in [6, 6.07) is 11.1. The molecule has 0 aliphatic carbocycles. The molecular weight excluding hydrogens is 397 g/mol. The van der Waals surface area contributed by atoms with Gasteiger partial charge in [0.25, 0.3) is 11.7 Å². The Morgan fingerprint density at radius 1 is 1.17 bits per heavy atom. The first-order chi connectivity index (χ1) is 14.0. The van der Waals surface area contributed by atoms with Gasteiger partial charge in [0.1, 0.15) is 11.6 Å². The van der Waals surface area contributed by atoms with Crippen molar-refractivity contribution in [1.82, 2.24) is 4.90 Å². The van der Waals surface area contributed by atoms with Gasteiger partial charge in [-0.25, -0.2) is 4.39 Å². The highest BCUT2D eigenvalue weighted by atomic mass is 35.5. The molecule has 2 atom stereocenters. The van der Waals surface area contributed by atoms with Crippen molar-refractivity contribution < 1.29 is 23.8 Å². The molecule has 4 rings (SSSR count). The molecule has 1 amide bonds. The highest BCUT2D eigenvalue weighted by Gasteiger charge is 2.47. The first kappa shape index (κ1) is 19.6. The van der Waals surface area contributed by atoms with E-state index in [2.05, 4.69) is 0 Å². The van der Waals surface area contributed by atoms with Crippen LogP contribution in [-0.2, 0) is 14.3 Å². The summed E-state index contributed by atoms with van der Waals surface area (Å²) in [5, 5.41) is 11.3. The van der Waals surface area contributed by atoms with Crippen molar-refractivity contribution in [3.8, 4) is 0 Å². The van der Waals surface area contributed by atoms with Crippen LogP contribution < -0.4 is 0 Å². The second-order valence-corrected chi connectivity index (χ2v) is 7.55. The molecule has 0 aromatic heterocycles. The van der Waals surface area contributed by atoms with Crippen molar-refractivity contribution in [2.24, 2.45) is 0 Å². The van der Waals surface area contributed by atoms with E-state index in [4.69, 9.17) is 16.3 Å². The molecule has 2 aromatic rings.